The molecular formula is C20H19ClN8S. The van der Waals surface area contributed by atoms with Gasteiger partial charge in [-0.25, -0.2) is 4.98 Å². The Morgan fingerprint density at radius 2 is 2.10 bits per heavy atom. The third kappa shape index (κ3) is 3.41. The van der Waals surface area contributed by atoms with Crippen LogP contribution in [0.5, 0.6) is 0 Å². The molecule has 152 valence electrons. The zero-order valence-electron chi connectivity index (χ0n) is 16.4. The Labute approximate surface area is 181 Å². The number of rotatable bonds is 6. The molecule has 30 heavy (non-hydrogen) atoms. The minimum Gasteiger partial charge on any atom is -0.329 e. The number of likely N-dealkylation sites (N-methyl/N-ethyl adjacent to an activating group) is 1. The van der Waals surface area contributed by atoms with Gasteiger partial charge in [0.15, 0.2) is 5.01 Å². The molecule has 5 aromatic rings. The molecule has 2 N–H and O–H groups in total. The van der Waals surface area contributed by atoms with E-state index in [1.807, 2.05) is 30.6 Å². The van der Waals surface area contributed by atoms with Crippen molar-refractivity contribution in [2.45, 2.75) is 6.54 Å². The van der Waals surface area contributed by atoms with Crippen LogP contribution in [0.25, 0.3) is 32.5 Å². The van der Waals surface area contributed by atoms with Crippen LogP contribution in [0.1, 0.15) is 0 Å². The van der Waals surface area contributed by atoms with Gasteiger partial charge in [0.2, 0.25) is 5.13 Å². The smallest absolute Gasteiger partial charge is 0.210 e. The third-order valence-electron chi connectivity index (χ3n) is 4.89. The van der Waals surface area contributed by atoms with Crippen LogP contribution in [-0.4, -0.2) is 55.5 Å². The van der Waals surface area contributed by atoms with Gasteiger partial charge < -0.3 is 14.8 Å². The van der Waals surface area contributed by atoms with Crippen LogP contribution in [0.4, 0.5) is 10.8 Å². The number of nitrogens with zero attached hydrogens (tertiary/aromatic N) is 6. The van der Waals surface area contributed by atoms with Gasteiger partial charge in [0.25, 0.3) is 0 Å². The van der Waals surface area contributed by atoms with Crippen molar-refractivity contribution in [2.75, 3.05) is 26.0 Å². The molecule has 5 rings (SSSR count). The van der Waals surface area contributed by atoms with Crippen LogP contribution in [0.15, 0.2) is 42.9 Å². The van der Waals surface area contributed by atoms with E-state index in [1.165, 1.54) is 11.3 Å². The van der Waals surface area contributed by atoms with Crippen LogP contribution in [0.2, 0.25) is 5.02 Å². The summed E-state index contributed by atoms with van der Waals surface area (Å²) in [6, 6.07) is 9.97. The maximum absolute atomic E-state index is 6.51. The highest BCUT2D eigenvalue weighted by molar-refractivity contribution is 7.18. The highest BCUT2D eigenvalue weighted by atomic mass is 35.5. The van der Waals surface area contributed by atoms with Gasteiger partial charge in [-0.2, -0.15) is 5.10 Å². The van der Waals surface area contributed by atoms with Crippen molar-refractivity contribution in [2.24, 2.45) is 0 Å². The lowest BCUT2D eigenvalue weighted by molar-refractivity contribution is 0.386. The second-order valence-corrected chi connectivity index (χ2v) is 8.57. The summed E-state index contributed by atoms with van der Waals surface area (Å²) in [5.41, 5.74) is 4.64. The molecule has 0 spiro atoms. The lowest BCUT2D eigenvalue weighted by Crippen LogP contribution is -2.17. The average molecular weight is 439 g/mol. The number of halogens is 1. The Balaban J connectivity index is 1.45. The maximum atomic E-state index is 6.51. The molecule has 0 saturated heterocycles. The van der Waals surface area contributed by atoms with Crippen molar-refractivity contribution in [3.63, 3.8) is 0 Å². The van der Waals surface area contributed by atoms with E-state index >= 15 is 0 Å². The zero-order chi connectivity index (χ0) is 20.7. The molecule has 0 saturated carbocycles. The quantitative estimate of drug-likeness (QED) is 0.409. The predicted molar refractivity (Wildman–Crippen MR) is 122 cm³/mol. The second kappa shape index (κ2) is 7.67. The molecule has 0 bridgehead atoms. The topological polar surface area (TPSA) is 87.5 Å². The number of imidazole rings is 1. The number of fused-ring (bicyclic) bond motifs is 2. The van der Waals surface area contributed by atoms with E-state index in [-0.39, 0.29) is 0 Å². The SMILES string of the molecule is CN(C)CCn1cnc2c(-c3nnc(Nc4ccc5[nH]ncc5c4Cl)s3)cccc21. The first kappa shape index (κ1) is 19.0. The summed E-state index contributed by atoms with van der Waals surface area (Å²) >= 11 is 7.97. The molecule has 3 heterocycles. The lowest BCUT2D eigenvalue weighted by Gasteiger charge is -2.10. The molecule has 0 aliphatic carbocycles. The molecule has 0 aliphatic heterocycles. The summed E-state index contributed by atoms with van der Waals surface area (Å²) in [7, 11) is 4.13. The van der Waals surface area contributed by atoms with E-state index in [0.29, 0.717) is 10.2 Å². The van der Waals surface area contributed by atoms with Crippen molar-refractivity contribution in [1.29, 1.82) is 0 Å². The van der Waals surface area contributed by atoms with Gasteiger partial charge in [-0.3, -0.25) is 5.10 Å². The average Bonchev–Trinajstić information content (AvgIpc) is 3.48. The molecule has 0 unspecified atom stereocenters. The van der Waals surface area contributed by atoms with Gasteiger partial charge in [-0.15, -0.1) is 10.2 Å². The Kier molecular flexibility index (Phi) is 4.86. The minimum atomic E-state index is 0.597. The predicted octanol–water partition coefficient (Wildman–Crippen LogP) is 4.39. The summed E-state index contributed by atoms with van der Waals surface area (Å²) in [6.45, 7) is 1.83. The van der Waals surface area contributed by atoms with E-state index in [0.717, 1.165) is 51.3 Å². The molecule has 0 aliphatic rings. The fourth-order valence-electron chi connectivity index (χ4n) is 3.32. The lowest BCUT2D eigenvalue weighted by atomic mass is 10.2. The summed E-state index contributed by atoms with van der Waals surface area (Å²) in [5, 5.41) is 21.8. The first-order valence-corrected chi connectivity index (χ1v) is 10.6. The molecule has 0 atom stereocenters. The standard InChI is InChI=1S/C20H19ClN8S/c1-28(2)8-9-29-11-22-18-12(4-3-5-16(18)29)19-26-27-20(30-19)24-15-7-6-14-13(17(15)21)10-23-25-14/h3-7,10-11H,8-9H2,1-2H3,(H,23,25)(H,24,27). The number of H-pyrrole nitrogens is 1. The van der Waals surface area contributed by atoms with Gasteiger partial charge >= 0.3 is 0 Å². The molecule has 8 nitrogen and oxygen atoms in total. The molecule has 0 amide bonds. The van der Waals surface area contributed by atoms with Crippen molar-refractivity contribution >= 4 is 55.7 Å². The molecule has 10 heteroatoms. The van der Waals surface area contributed by atoms with Crippen molar-refractivity contribution in [1.82, 2.24) is 34.8 Å². The second-order valence-electron chi connectivity index (χ2n) is 7.21. The van der Waals surface area contributed by atoms with E-state index in [9.17, 15) is 0 Å². The molecular weight excluding hydrogens is 420 g/mol. The fraction of sp³-hybridized carbons (Fsp3) is 0.200. The van der Waals surface area contributed by atoms with E-state index in [4.69, 9.17) is 11.6 Å². The number of aromatic amines is 1. The van der Waals surface area contributed by atoms with Gasteiger partial charge in [0.05, 0.1) is 39.8 Å². The number of para-hydroxylation sites is 1. The fourth-order valence-corrected chi connectivity index (χ4v) is 4.37. The molecule has 0 fully saturated rings. The summed E-state index contributed by atoms with van der Waals surface area (Å²) in [6.07, 6.45) is 3.60. The number of anilines is 2. The first-order chi connectivity index (χ1) is 14.6. The molecule has 0 radical (unpaired) electrons. The molecule has 3 aromatic heterocycles. The van der Waals surface area contributed by atoms with Crippen LogP contribution in [0, 0.1) is 0 Å². The van der Waals surface area contributed by atoms with E-state index in [2.05, 4.69) is 60.3 Å². The Morgan fingerprint density at radius 1 is 1.20 bits per heavy atom. The number of hydrogen-bond acceptors (Lipinski definition) is 7. The minimum absolute atomic E-state index is 0.597. The van der Waals surface area contributed by atoms with Gasteiger partial charge in [0.1, 0.15) is 0 Å². The highest BCUT2D eigenvalue weighted by Crippen LogP contribution is 2.35. The van der Waals surface area contributed by atoms with Gasteiger partial charge in [-0.1, -0.05) is 29.0 Å². The largest absolute Gasteiger partial charge is 0.329 e. The third-order valence-corrected chi connectivity index (χ3v) is 6.17. The summed E-state index contributed by atoms with van der Waals surface area (Å²) < 4.78 is 2.17. The normalized spacial score (nSPS) is 11.7. The number of nitrogens with one attached hydrogen (secondary N) is 2. The van der Waals surface area contributed by atoms with Gasteiger partial charge in [-0.05, 0) is 38.4 Å². The van der Waals surface area contributed by atoms with Crippen molar-refractivity contribution < 1.29 is 0 Å². The Bertz CT molecular complexity index is 1340. The highest BCUT2D eigenvalue weighted by Gasteiger charge is 2.15. The van der Waals surface area contributed by atoms with Gasteiger partial charge in [0, 0.05) is 24.0 Å². The number of aromatic nitrogens is 6. The Morgan fingerprint density at radius 3 is 2.97 bits per heavy atom. The van der Waals surface area contributed by atoms with E-state index < -0.39 is 0 Å². The first-order valence-electron chi connectivity index (χ1n) is 9.41. The van der Waals surface area contributed by atoms with Crippen LogP contribution in [-0.2, 0) is 6.54 Å². The van der Waals surface area contributed by atoms with E-state index in [1.54, 1.807) is 6.20 Å². The van der Waals surface area contributed by atoms with Crippen LogP contribution >= 0.6 is 22.9 Å². The zero-order valence-corrected chi connectivity index (χ0v) is 18.0. The van der Waals surface area contributed by atoms with Crippen molar-refractivity contribution in [3.8, 4) is 10.6 Å². The maximum Gasteiger partial charge on any atom is 0.210 e. The molecule has 2 aromatic carbocycles. The number of hydrogen-bond donors (Lipinski definition) is 2. The monoisotopic (exact) mass is 438 g/mol. The Hall–Kier alpha value is -3.01. The van der Waals surface area contributed by atoms with Crippen molar-refractivity contribution in [3.05, 3.63) is 47.9 Å². The van der Waals surface area contributed by atoms with Crippen LogP contribution < -0.4 is 5.32 Å². The van der Waals surface area contributed by atoms with Crippen LogP contribution in [0.3, 0.4) is 0 Å². The summed E-state index contributed by atoms with van der Waals surface area (Å²) in [5.74, 6) is 0. The number of benzene rings is 2. The summed E-state index contributed by atoms with van der Waals surface area (Å²) in [4.78, 5) is 6.80.